The maximum atomic E-state index is 12.9. The molecule has 1 atom stereocenters. The van der Waals surface area contributed by atoms with Crippen LogP contribution < -0.4 is 4.74 Å². The molecular weight excluding hydrogens is 371 g/mol. The van der Waals surface area contributed by atoms with Crippen LogP contribution in [0.1, 0.15) is 35.6 Å². The third-order valence-corrected chi connectivity index (χ3v) is 5.21. The average Bonchev–Trinajstić information content (AvgIpc) is 2.68. The van der Waals surface area contributed by atoms with E-state index < -0.39 is 17.7 Å². The highest BCUT2D eigenvalue weighted by molar-refractivity contribution is 5.70. The van der Waals surface area contributed by atoms with E-state index in [1.807, 2.05) is 24.3 Å². The molecule has 1 fully saturated rings. The van der Waals surface area contributed by atoms with Crippen LogP contribution >= 0.6 is 0 Å². The van der Waals surface area contributed by atoms with Gasteiger partial charge in [-0.15, -0.1) is 0 Å². The number of methoxy groups -OCH3 is 1. The van der Waals surface area contributed by atoms with Crippen molar-refractivity contribution in [2.45, 2.75) is 25.1 Å². The molecule has 0 aromatic heterocycles. The van der Waals surface area contributed by atoms with E-state index in [2.05, 4.69) is 4.90 Å². The first kappa shape index (κ1) is 20.2. The van der Waals surface area contributed by atoms with Crippen molar-refractivity contribution in [2.75, 3.05) is 20.2 Å². The Morgan fingerprint density at radius 1 is 1.11 bits per heavy atom. The van der Waals surface area contributed by atoms with E-state index in [0.717, 1.165) is 23.3 Å². The zero-order chi connectivity index (χ0) is 20.3. The minimum Gasteiger partial charge on any atom is -0.497 e. The van der Waals surface area contributed by atoms with Gasteiger partial charge in [0.2, 0.25) is 0 Å². The molecule has 1 aliphatic heterocycles. The Hall–Kier alpha value is -2.54. The van der Waals surface area contributed by atoms with E-state index in [-0.39, 0.29) is 12.0 Å². The highest BCUT2D eigenvalue weighted by Gasteiger charge is 2.32. The monoisotopic (exact) mass is 393 g/mol. The number of carboxylic acid groups (broad SMARTS) is 1. The number of benzene rings is 2. The largest absolute Gasteiger partial charge is 0.497 e. The summed E-state index contributed by atoms with van der Waals surface area (Å²) in [6.45, 7) is 1.11. The standard InChI is InChI=1S/C21H22F3NO3/c1-28-18-4-2-3-16(13-18)19(25-11-9-15(10-12-25)20(26)27)14-5-7-17(8-6-14)21(22,23)24/h2-8,13,15,19H,9-12H2,1H3,(H,26,27). The third-order valence-electron chi connectivity index (χ3n) is 5.21. The molecule has 0 amide bonds. The second-order valence-corrected chi connectivity index (χ2v) is 6.95. The number of likely N-dealkylation sites (tertiary alicyclic amines) is 1. The van der Waals surface area contributed by atoms with Crippen molar-refractivity contribution in [3.63, 3.8) is 0 Å². The highest BCUT2D eigenvalue weighted by Crippen LogP contribution is 2.36. The number of hydrogen-bond acceptors (Lipinski definition) is 3. The van der Waals surface area contributed by atoms with Gasteiger partial charge in [0.1, 0.15) is 5.75 Å². The van der Waals surface area contributed by atoms with Crippen molar-refractivity contribution >= 4 is 5.97 Å². The molecule has 0 saturated carbocycles. The molecule has 7 heteroatoms. The van der Waals surface area contributed by atoms with Crippen LogP contribution in [-0.2, 0) is 11.0 Å². The van der Waals surface area contributed by atoms with Crippen LogP contribution in [0.4, 0.5) is 13.2 Å². The van der Waals surface area contributed by atoms with Gasteiger partial charge in [-0.3, -0.25) is 9.69 Å². The van der Waals surface area contributed by atoms with Crippen molar-refractivity contribution < 1.29 is 27.8 Å². The number of carbonyl (C=O) groups is 1. The topological polar surface area (TPSA) is 49.8 Å². The summed E-state index contributed by atoms with van der Waals surface area (Å²) in [5.74, 6) is -0.517. The lowest BCUT2D eigenvalue weighted by Crippen LogP contribution is -2.39. The number of hydrogen-bond donors (Lipinski definition) is 1. The second-order valence-electron chi connectivity index (χ2n) is 6.95. The Kier molecular flexibility index (Phi) is 5.93. The van der Waals surface area contributed by atoms with Crippen LogP contribution in [0.5, 0.6) is 5.75 Å². The Morgan fingerprint density at radius 2 is 1.75 bits per heavy atom. The fourth-order valence-electron chi connectivity index (χ4n) is 3.68. The van der Waals surface area contributed by atoms with Crippen molar-refractivity contribution in [1.82, 2.24) is 4.90 Å². The lowest BCUT2D eigenvalue weighted by Gasteiger charge is -2.37. The smallest absolute Gasteiger partial charge is 0.416 e. The molecule has 2 aromatic carbocycles. The minimum absolute atomic E-state index is 0.271. The van der Waals surface area contributed by atoms with E-state index in [1.54, 1.807) is 7.11 Å². The number of ether oxygens (including phenoxy) is 1. The fourth-order valence-corrected chi connectivity index (χ4v) is 3.68. The summed E-state index contributed by atoms with van der Waals surface area (Å²) in [5, 5.41) is 9.23. The Morgan fingerprint density at radius 3 is 2.29 bits per heavy atom. The molecule has 150 valence electrons. The van der Waals surface area contributed by atoms with Gasteiger partial charge < -0.3 is 9.84 Å². The van der Waals surface area contributed by atoms with Gasteiger partial charge in [0.25, 0.3) is 0 Å². The van der Waals surface area contributed by atoms with E-state index in [1.165, 1.54) is 12.1 Å². The van der Waals surface area contributed by atoms with E-state index in [0.29, 0.717) is 31.7 Å². The molecule has 28 heavy (non-hydrogen) atoms. The molecule has 0 bridgehead atoms. The molecule has 4 nitrogen and oxygen atoms in total. The van der Waals surface area contributed by atoms with E-state index >= 15 is 0 Å². The number of alkyl halides is 3. The van der Waals surface area contributed by atoms with Gasteiger partial charge in [0, 0.05) is 0 Å². The molecular formula is C21H22F3NO3. The minimum atomic E-state index is -4.39. The molecule has 1 aliphatic rings. The van der Waals surface area contributed by atoms with E-state index in [9.17, 15) is 23.1 Å². The summed E-state index contributed by atoms with van der Waals surface area (Å²) < 4.78 is 44.1. The van der Waals surface area contributed by atoms with Gasteiger partial charge in [-0.2, -0.15) is 13.2 Å². The zero-order valence-corrected chi connectivity index (χ0v) is 15.4. The predicted octanol–water partition coefficient (Wildman–Crippen LogP) is 4.60. The highest BCUT2D eigenvalue weighted by atomic mass is 19.4. The first-order valence-corrected chi connectivity index (χ1v) is 9.07. The van der Waals surface area contributed by atoms with Crippen molar-refractivity contribution in [3.05, 3.63) is 65.2 Å². The average molecular weight is 393 g/mol. The molecule has 0 radical (unpaired) electrons. The third kappa shape index (κ3) is 4.47. The van der Waals surface area contributed by atoms with Gasteiger partial charge in [0.05, 0.1) is 24.6 Å². The number of piperidine rings is 1. The molecule has 1 N–H and O–H groups in total. The first-order valence-electron chi connectivity index (χ1n) is 9.07. The summed E-state index contributed by atoms with van der Waals surface area (Å²) >= 11 is 0. The summed E-state index contributed by atoms with van der Waals surface area (Å²) in [6, 6.07) is 12.3. The van der Waals surface area contributed by atoms with Gasteiger partial charge in [-0.05, 0) is 61.3 Å². The normalized spacial score (nSPS) is 17.3. The molecule has 2 aromatic rings. The van der Waals surface area contributed by atoms with Crippen LogP contribution in [0.3, 0.4) is 0 Å². The summed E-state index contributed by atoms with van der Waals surface area (Å²) in [6.07, 6.45) is -3.36. The lowest BCUT2D eigenvalue weighted by atomic mass is 9.91. The van der Waals surface area contributed by atoms with Gasteiger partial charge in [0.15, 0.2) is 0 Å². The Labute approximate surface area is 161 Å². The summed E-state index contributed by atoms with van der Waals surface area (Å²) in [7, 11) is 1.56. The molecule has 1 unspecified atom stereocenters. The molecule has 3 rings (SSSR count). The van der Waals surface area contributed by atoms with Crippen molar-refractivity contribution in [3.8, 4) is 5.75 Å². The number of rotatable bonds is 5. The van der Waals surface area contributed by atoms with Crippen LogP contribution in [0, 0.1) is 5.92 Å². The predicted molar refractivity (Wildman–Crippen MR) is 98.2 cm³/mol. The quantitative estimate of drug-likeness (QED) is 0.807. The lowest BCUT2D eigenvalue weighted by molar-refractivity contribution is -0.143. The van der Waals surface area contributed by atoms with Gasteiger partial charge in [-0.25, -0.2) is 0 Å². The SMILES string of the molecule is COc1cccc(C(c2ccc(C(F)(F)F)cc2)N2CCC(C(=O)O)CC2)c1. The Bertz CT molecular complexity index is 812. The van der Waals surface area contributed by atoms with E-state index in [4.69, 9.17) is 4.74 Å². The number of carboxylic acids is 1. The zero-order valence-electron chi connectivity index (χ0n) is 15.4. The maximum Gasteiger partial charge on any atom is 0.416 e. The van der Waals surface area contributed by atoms with Crippen LogP contribution in [0.15, 0.2) is 48.5 Å². The van der Waals surface area contributed by atoms with Crippen LogP contribution in [0.2, 0.25) is 0 Å². The first-order chi connectivity index (χ1) is 13.3. The van der Waals surface area contributed by atoms with Crippen molar-refractivity contribution in [2.24, 2.45) is 5.92 Å². The van der Waals surface area contributed by atoms with Crippen LogP contribution in [-0.4, -0.2) is 36.2 Å². The van der Waals surface area contributed by atoms with Crippen LogP contribution in [0.25, 0.3) is 0 Å². The fraction of sp³-hybridized carbons (Fsp3) is 0.381. The maximum absolute atomic E-state index is 12.9. The second kappa shape index (κ2) is 8.22. The number of aliphatic carboxylic acids is 1. The Balaban J connectivity index is 1.94. The molecule has 0 spiro atoms. The van der Waals surface area contributed by atoms with Gasteiger partial charge in [-0.1, -0.05) is 24.3 Å². The molecule has 1 saturated heterocycles. The molecule has 1 heterocycles. The van der Waals surface area contributed by atoms with Crippen molar-refractivity contribution in [1.29, 1.82) is 0 Å². The summed E-state index contributed by atoms with van der Waals surface area (Å²) in [4.78, 5) is 13.4. The number of halogens is 3. The summed E-state index contributed by atoms with van der Waals surface area (Å²) in [5.41, 5.74) is 0.938. The van der Waals surface area contributed by atoms with Gasteiger partial charge >= 0.3 is 12.1 Å². The molecule has 0 aliphatic carbocycles. The number of nitrogens with zero attached hydrogens (tertiary/aromatic N) is 1.